The molecule has 0 atom stereocenters. The number of benzene rings is 1. The number of nitrogens with one attached hydrogen (secondary N) is 1. The number of carbonyl (C=O) groups excluding carboxylic acids is 1. The third kappa shape index (κ3) is 3.59. The maximum atomic E-state index is 12.2. The van der Waals surface area contributed by atoms with Crippen LogP contribution in [-0.2, 0) is 4.79 Å². The number of hydrogen-bond donors (Lipinski definition) is 1. The number of methoxy groups -OCH3 is 2. The minimum atomic E-state index is -0.314. The summed E-state index contributed by atoms with van der Waals surface area (Å²) in [7, 11) is 3.09. The molecule has 1 N–H and O–H groups in total. The van der Waals surface area contributed by atoms with Gasteiger partial charge in [-0.3, -0.25) is 9.20 Å². The number of pyridine rings is 1. The molecule has 3 rings (SSSR count). The summed E-state index contributed by atoms with van der Waals surface area (Å²) < 4.78 is 12.2. The molecule has 128 valence electrons. The molecule has 0 unspecified atom stereocenters. The van der Waals surface area contributed by atoms with Crippen LogP contribution in [0.25, 0.3) is 11.7 Å². The quantitative estimate of drug-likeness (QED) is 0.708. The number of nitrogens with zero attached hydrogens (tertiary/aromatic N) is 2. The van der Waals surface area contributed by atoms with Gasteiger partial charge >= 0.3 is 0 Å². The second kappa shape index (κ2) is 7.27. The van der Waals surface area contributed by atoms with Crippen molar-refractivity contribution in [1.82, 2.24) is 9.38 Å². The Balaban J connectivity index is 1.80. The Kier molecular flexibility index (Phi) is 4.90. The van der Waals surface area contributed by atoms with Gasteiger partial charge in [0.1, 0.15) is 17.1 Å². The summed E-state index contributed by atoms with van der Waals surface area (Å²) >= 11 is 6.14. The van der Waals surface area contributed by atoms with E-state index in [9.17, 15) is 4.79 Å². The third-order valence-electron chi connectivity index (χ3n) is 3.58. The number of aromatic nitrogens is 2. The summed E-state index contributed by atoms with van der Waals surface area (Å²) in [5, 5.41) is 3.09. The first-order valence-electron chi connectivity index (χ1n) is 7.46. The molecule has 0 saturated carbocycles. The predicted octanol–water partition coefficient (Wildman–Crippen LogP) is 3.66. The van der Waals surface area contributed by atoms with Crippen molar-refractivity contribution < 1.29 is 14.3 Å². The van der Waals surface area contributed by atoms with Gasteiger partial charge in [0, 0.05) is 18.3 Å². The second-order valence-corrected chi connectivity index (χ2v) is 5.46. The number of rotatable bonds is 5. The monoisotopic (exact) mass is 357 g/mol. The van der Waals surface area contributed by atoms with Crippen molar-refractivity contribution >= 4 is 34.9 Å². The van der Waals surface area contributed by atoms with E-state index < -0.39 is 0 Å². The molecule has 25 heavy (non-hydrogen) atoms. The molecule has 6 nitrogen and oxygen atoms in total. The molecule has 0 aliphatic carbocycles. The SMILES string of the molecule is COc1ccc(NC(=O)C=Cc2c(Cl)nc3ccccn23)c(OC)c1. The second-order valence-electron chi connectivity index (χ2n) is 5.11. The Morgan fingerprint density at radius 3 is 2.84 bits per heavy atom. The van der Waals surface area contributed by atoms with E-state index in [1.807, 2.05) is 24.4 Å². The van der Waals surface area contributed by atoms with Crippen LogP contribution < -0.4 is 14.8 Å². The van der Waals surface area contributed by atoms with Crippen molar-refractivity contribution in [2.24, 2.45) is 0 Å². The van der Waals surface area contributed by atoms with Crippen LogP contribution in [0.5, 0.6) is 11.5 Å². The molecule has 0 saturated heterocycles. The van der Waals surface area contributed by atoms with Crippen LogP contribution >= 0.6 is 11.6 Å². The molecule has 2 aromatic heterocycles. The zero-order valence-electron chi connectivity index (χ0n) is 13.7. The summed E-state index contributed by atoms with van der Waals surface area (Å²) in [4.78, 5) is 16.5. The van der Waals surface area contributed by atoms with Crippen molar-refractivity contribution in [2.45, 2.75) is 0 Å². The van der Waals surface area contributed by atoms with Crippen LogP contribution in [0.2, 0.25) is 5.15 Å². The van der Waals surface area contributed by atoms with Gasteiger partial charge in [-0.15, -0.1) is 0 Å². The molecule has 1 aromatic carbocycles. The molecule has 1 amide bonds. The molecule has 0 spiro atoms. The van der Waals surface area contributed by atoms with E-state index in [-0.39, 0.29) is 5.91 Å². The minimum Gasteiger partial charge on any atom is -0.497 e. The molecule has 3 aromatic rings. The highest BCUT2D eigenvalue weighted by Gasteiger charge is 2.09. The van der Waals surface area contributed by atoms with E-state index in [0.717, 1.165) is 0 Å². The fourth-order valence-corrected chi connectivity index (χ4v) is 2.61. The average Bonchev–Trinajstić information content (AvgIpc) is 2.95. The molecule has 0 bridgehead atoms. The van der Waals surface area contributed by atoms with Crippen molar-refractivity contribution in [3.8, 4) is 11.5 Å². The van der Waals surface area contributed by atoms with E-state index in [1.54, 1.807) is 35.8 Å². The summed E-state index contributed by atoms with van der Waals surface area (Å²) in [5.41, 5.74) is 1.89. The van der Waals surface area contributed by atoms with Crippen molar-refractivity contribution in [3.63, 3.8) is 0 Å². The number of imidazole rings is 1. The number of fused-ring (bicyclic) bond motifs is 1. The number of ether oxygens (including phenoxy) is 2. The van der Waals surface area contributed by atoms with Crippen molar-refractivity contribution in [3.05, 3.63) is 59.5 Å². The highest BCUT2D eigenvalue weighted by molar-refractivity contribution is 6.31. The van der Waals surface area contributed by atoms with E-state index in [1.165, 1.54) is 13.2 Å². The first-order chi connectivity index (χ1) is 12.1. The Morgan fingerprint density at radius 2 is 2.08 bits per heavy atom. The maximum absolute atomic E-state index is 12.2. The lowest BCUT2D eigenvalue weighted by Gasteiger charge is -2.10. The van der Waals surface area contributed by atoms with Crippen LogP contribution in [0.4, 0.5) is 5.69 Å². The van der Waals surface area contributed by atoms with E-state index in [0.29, 0.717) is 33.7 Å². The number of amides is 1. The van der Waals surface area contributed by atoms with Gasteiger partial charge in [0.15, 0.2) is 5.15 Å². The predicted molar refractivity (Wildman–Crippen MR) is 97.4 cm³/mol. The standard InChI is InChI=1S/C18H16ClN3O3/c1-24-12-6-7-13(15(11-12)25-2)20-17(23)9-8-14-18(19)21-16-5-3-4-10-22(14)16/h3-11H,1-2H3,(H,20,23). The summed E-state index contributed by atoms with van der Waals surface area (Å²) in [5.74, 6) is 0.835. The van der Waals surface area contributed by atoms with Gasteiger partial charge in [-0.25, -0.2) is 4.98 Å². The number of carbonyl (C=O) groups is 1. The summed E-state index contributed by atoms with van der Waals surface area (Å²) in [6.07, 6.45) is 4.85. The van der Waals surface area contributed by atoms with Crippen LogP contribution in [0.15, 0.2) is 48.7 Å². The smallest absolute Gasteiger partial charge is 0.248 e. The minimum absolute atomic E-state index is 0.314. The summed E-state index contributed by atoms with van der Waals surface area (Å²) in [6.45, 7) is 0. The van der Waals surface area contributed by atoms with Gasteiger partial charge in [0.2, 0.25) is 5.91 Å². The Labute approximate surface area is 149 Å². The van der Waals surface area contributed by atoms with E-state index in [2.05, 4.69) is 10.3 Å². The number of hydrogen-bond acceptors (Lipinski definition) is 4. The lowest BCUT2D eigenvalue weighted by atomic mass is 10.2. The fraction of sp³-hybridized carbons (Fsp3) is 0.111. The molecular formula is C18H16ClN3O3. The molecule has 7 heteroatoms. The van der Waals surface area contributed by atoms with Crippen LogP contribution in [0.3, 0.4) is 0 Å². The zero-order valence-corrected chi connectivity index (χ0v) is 14.4. The highest BCUT2D eigenvalue weighted by atomic mass is 35.5. The Morgan fingerprint density at radius 1 is 1.24 bits per heavy atom. The third-order valence-corrected chi connectivity index (χ3v) is 3.86. The van der Waals surface area contributed by atoms with E-state index in [4.69, 9.17) is 21.1 Å². The Hall–Kier alpha value is -2.99. The zero-order chi connectivity index (χ0) is 17.8. The Bertz CT molecular complexity index is 950. The van der Waals surface area contributed by atoms with Crippen molar-refractivity contribution in [1.29, 1.82) is 0 Å². The molecule has 0 radical (unpaired) electrons. The molecule has 0 aliphatic heterocycles. The topological polar surface area (TPSA) is 64.9 Å². The largest absolute Gasteiger partial charge is 0.497 e. The van der Waals surface area contributed by atoms with Gasteiger partial charge in [-0.2, -0.15) is 0 Å². The van der Waals surface area contributed by atoms with Gasteiger partial charge in [-0.1, -0.05) is 17.7 Å². The molecule has 0 aliphatic rings. The fourth-order valence-electron chi connectivity index (χ4n) is 2.37. The molecule has 0 fully saturated rings. The normalized spacial score (nSPS) is 11.0. The van der Waals surface area contributed by atoms with Gasteiger partial charge in [-0.05, 0) is 30.3 Å². The number of halogens is 1. The van der Waals surface area contributed by atoms with Crippen LogP contribution in [-0.4, -0.2) is 29.5 Å². The first-order valence-corrected chi connectivity index (χ1v) is 7.84. The van der Waals surface area contributed by atoms with Crippen LogP contribution in [0.1, 0.15) is 5.69 Å². The summed E-state index contributed by atoms with van der Waals surface area (Å²) in [6, 6.07) is 10.7. The van der Waals surface area contributed by atoms with E-state index >= 15 is 0 Å². The lowest BCUT2D eigenvalue weighted by molar-refractivity contribution is -0.111. The van der Waals surface area contributed by atoms with Gasteiger partial charge in [0.05, 0.1) is 25.6 Å². The first kappa shape index (κ1) is 16.9. The van der Waals surface area contributed by atoms with Crippen molar-refractivity contribution in [2.75, 3.05) is 19.5 Å². The van der Waals surface area contributed by atoms with Crippen LogP contribution in [0, 0.1) is 0 Å². The van der Waals surface area contributed by atoms with Gasteiger partial charge < -0.3 is 14.8 Å². The highest BCUT2D eigenvalue weighted by Crippen LogP contribution is 2.29. The lowest BCUT2D eigenvalue weighted by Crippen LogP contribution is -2.09. The maximum Gasteiger partial charge on any atom is 0.248 e. The molecular weight excluding hydrogens is 342 g/mol. The number of anilines is 1. The molecule has 2 heterocycles. The van der Waals surface area contributed by atoms with Gasteiger partial charge in [0.25, 0.3) is 0 Å². The average molecular weight is 358 g/mol.